The molecule has 1 saturated heterocycles. The Morgan fingerprint density at radius 1 is 1.29 bits per heavy atom. The predicted molar refractivity (Wildman–Crippen MR) is 116 cm³/mol. The zero-order valence-corrected chi connectivity index (χ0v) is 18.5. The highest BCUT2D eigenvalue weighted by atomic mass is 32.2. The summed E-state index contributed by atoms with van der Waals surface area (Å²) in [6.07, 6.45) is 3.39. The van der Waals surface area contributed by atoms with Crippen LogP contribution >= 0.6 is 0 Å². The third-order valence-corrected chi connectivity index (χ3v) is 7.33. The molecular formula is C21H28N4O5S. The van der Waals surface area contributed by atoms with Crippen molar-refractivity contribution in [1.82, 2.24) is 14.9 Å². The van der Waals surface area contributed by atoms with Crippen LogP contribution in [0, 0.1) is 5.92 Å². The monoisotopic (exact) mass is 448 g/mol. The quantitative estimate of drug-likeness (QED) is 0.510. The fourth-order valence-electron chi connectivity index (χ4n) is 4.19. The van der Waals surface area contributed by atoms with Crippen molar-refractivity contribution in [2.24, 2.45) is 5.92 Å². The Kier molecular flexibility index (Phi) is 6.40. The molecule has 31 heavy (non-hydrogen) atoms. The number of rotatable bonds is 8. The molecule has 2 fully saturated rings. The highest BCUT2D eigenvalue weighted by Gasteiger charge is 2.60. The summed E-state index contributed by atoms with van der Waals surface area (Å²) < 4.78 is 27.7. The summed E-state index contributed by atoms with van der Waals surface area (Å²) in [5, 5.41) is 5.50. The van der Waals surface area contributed by atoms with Crippen LogP contribution in [0.4, 0.5) is 5.69 Å². The van der Waals surface area contributed by atoms with E-state index in [-0.39, 0.29) is 35.6 Å². The van der Waals surface area contributed by atoms with E-state index in [1.165, 1.54) is 19.1 Å². The van der Waals surface area contributed by atoms with Crippen molar-refractivity contribution in [3.63, 3.8) is 0 Å². The van der Waals surface area contributed by atoms with Gasteiger partial charge in [-0.05, 0) is 31.4 Å². The lowest BCUT2D eigenvalue weighted by Crippen LogP contribution is -2.52. The van der Waals surface area contributed by atoms with E-state index < -0.39 is 27.4 Å². The van der Waals surface area contributed by atoms with Crippen LogP contribution in [0.25, 0.3) is 0 Å². The van der Waals surface area contributed by atoms with Crippen LogP contribution in [0.5, 0.6) is 0 Å². The summed E-state index contributed by atoms with van der Waals surface area (Å²) in [5.41, 5.74) is -1.01. The van der Waals surface area contributed by atoms with Gasteiger partial charge in [0.25, 0.3) is 15.9 Å². The molecule has 2 aliphatic rings. The molecule has 3 amide bonds. The van der Waals surface area contributed by atoms with Gasteiger partial charge in [0.05, 0.1) is 5.69 Å². The summed E-state index contributed by atoms with van der Waals surface area (Å²) >= 11 is 0. The van der Waals surface area contributed by atoms with Gasteiger partial charge in [0.1, 0.15) is 10.4 Å². The number of benzene rings is 1. The molecule has 0 spiro atoms. The molecule has 3 atom stereocenters. The number of nitrogens with zero attached hydrogens (tertiary/aromatic N) is 1. The van der Waals surface area contributed by atoms with Crippen molar-refractivity contribution in [3.8, 4) is 0 Å². The Morgan fingerprint density at radius 3 is 2.61 bits per heavy atom. The normalized spacial score (nSPS) is 24.9. The standard InChI is InChI=1S/C21H28N4O5S/c1-4-15-13-21(15,23-19(27)12-16-8-7-11-25(16)14(2)26)20(28)24-31(29,30)18-10-6-5-9-17(18)22-3/h4-6,9-10,15-16,22H,1,7-8,11-13H2,2-3H3,(H,23,27)(H,24,28)/t15-,16?,21-/m1/s1. The van der Waals surface area contributed by atoms with Gasteiger partial charge < -0.3 is 15.5 Å². The number of hydrogen-bond donors (Lipinski definition) is 3. The minimum absolute atomic E-state index is 0.0633. The Labute approximate surface area is 182 Å². The number of hydrogen-bond acceptors (Lipinski definition) is 6. The first-order chi connectivity index (χ1) is 14.6. The third kappa shape index (κ3) is 4.58. The SMILES string of the molecule is C=C[C@@H]1C[C@]1(NC(=O)CC1CCCN1C(C)=O)C(=O)NS(=O)(=O)c1ccccc1NC. The number of anilines is 1. The van der Waals surface area contributed by atoms with Crippen LogP contribution in [0.15, 0.2) is 41.8 Å². The maximum absolute atomic E-state index is 13.0. The molecule has 9 nitrogen and oxygen atoms in total. The number of para-hydroxylation sites is 1. The molecule has 3 rings (SSSR count). The predicted octanol–water partition coefficient (Wildman–Crippen LogP) is 0.995. The van der Waals surface area contributed by atoms with Gasteiger partial charge in [-0.3, -0.25) is 14.4 Å². The molecule has 1 unspecified atom stereocenters. The first-order valence-electron chi connectivity index (χ1n) is 10.2. The Morgan fingerprint density at radius 2 is 2.00 bits per heavy atom. The van der Waals surface area contributed by atoms with Gasteiger partial charge in [0.2, 0.25) is 11.8 Å². The number of carbonyl (C=O) groups excluding carboxylic acids is 3. The number of carbonyl (C=O) groups is 3. The van der Waals surface area contributed by atoms with Crippen LogP contribution in [-0.2, 0) is 24.4 Å². The minimum Gasteiger partial charge on any atom is -0.387 e. The Bertz CT molecular complexity index is 1010. The van der Waals surface area contributed by atoms with E-state index in [0.29, 0.717) is 18.7 Å². The average Bonchev–Trinajstić information content (AvgIpc) is 3.24. The van der Waals surface area contributed by atoms with Gasteiger partial charge in [-0.2, -0.15) is 0 Å². The van der Waals surface area contributed by atoms with Crippen LogP contribution < -0.4 is 15.4 Å². The lowest BCUT2D eigenvalue weighted by atomic mass is 10.1. The molecule has 1 aromatic carbocycles. The molecule has 1 heterocycles. The van der Waals surface area contributed by atoms with Crippen molar-refractivity contribution in [3.05, 3.63) is 36.9 Å². The van der Waals surface area contributed by atoms with Crippen molar-refractivity contribution in [1.29, 1.82) is 0 Å². The third-order valence-electron chi connectivity index (χ3n) is 5.94. The second-order valence-electron chi connectivity index (χ2n) is 7.96. The van der Waals surface area contributed by atoms with Gasteiger partial charge in [-0.1, -0.05) is 18.2 Å². The van der Waals surface area contributed by atoms with Gasteiger partial charge >= 0.3 is 0 Å². The fraction of sp³-hybridized carbons (Fsp3) is 0.476. The largest absolute Gasteiger partial charge is 0.387 e. The highest BCUT2D eigenvalue weighted by Crippen LogP contribution is 2.45. The van der Waals surface area contributed by atoms with Gasteiger partial charge in [0, 0.05) is 38.9 Å². The topological polar surface area (TPSA) is 125 Å². The molecule has 1 aliphatic carbocycles. The lowest BCUT2D eigenvalue weighted by molar-refractivity contribution is -0.133. The van der Waals surface area contributed by atoms with E-state index in [1.807, 2.05) is 0 Å². The van der Waals surface area contributed by atoms with E-state index in [4.69, 9.17) is 0 Å². The first kappa shape index (κ1) is 22.8. The van der Waals surface area contributed by atoms with E-state index in [1.54, 1.807) is 30.1 Å². The van der Waals surface area contributed by atoms with E-state index in [9.17, 15) is 22.8 Å². The summed E-state index contributed by atoms with van der Waals surface area (Å²) in [6, 6.07) is 5.99. The summed E-state index contributed by atoms with van der Waals surface area (Å²) in [5.74, 6) is -1.66. The molecule has 1 aliphatic heterocycles. The summed E-state index contributed by atoms with van der Waals surface area (Å²) in [7, 11) is -2.57. The zero-order chi connectivity index (χ0) is 22.8. The lowest BCUT2D eigenvalue weighted by Gasteiger charge is -2.24. The average molecular weight is 449 g/mol. The Balaban J connectivity index is 1.74. The van der Waals surface area contributed by atoms with E-state index in [2.05, 4.69) is 21.9 Å². The molecule has 10 heteroatoms. The van der Waals surface area contributed by atoms with Gasteiger partial charge in [-0.15, -0.1) is 6.58 Å². The van der Waals surface area contributed by atoms with Crippen molar-refractivity contribution < 1.29 is 22.8 Å². The maximum Gasteiger partial charge on any atom is 0.266 e. The molecule has 0 radical (unpaired) electrons. The number of likely N-dealkylation sites (tertiary alicyclic amines) is 1. The fourth-order valence-corrected chi connectivity index (χ4v) is 5.44. The Hall–Kier alpha value is -2.88. The summed E-state index contributed by atoms with van der Waals surface area (Å²) in [6.45, 7) is 5.76. The van der Waals surface area contributed by atoms with Crippen LogP contribution in [0.3, 0.4) is 0 Å². The molecule has 3 N–H and O–H groups in total. The maximum atomic E-state index is 13.0. The number of sulfonamides is 1. The molecule has 0 bridgehead atoms. The van der Waals surface area contributed by atoms with Crippen molar-refractivity contribution >= 4 is 33.4 Å². The molecular weight excluding hydrogens is 420 g/mol. The summed E-state index contributed by atoms with van der Waals surface area (Å²) in [4.78, 5) is 39.0. The van der Waals surface area contributed by atoms with Crippen LogP contribution in [0.2, 0.25) is 0 Å². The smallest absolute Gasteiger partial charge is 0.266 e. The zero-order valence-electron chi connectivity index (χ0n) is 17.7. The number of amides is 3. The van der Waals surface area contributed by atoms with Gasteiger partial charge in [-0.25, -0.2) is 13.1 Å². The van der Waals surface area contributed by atoms with Gasteiger partial charge in [0.15, 0.2) is 0 Å². The molecule has 168 valence electrons. The second kappa shape index (κ2) is 8.70. The highest BCUT2D eigenvalue weighted by molar-refractivity contribution is 7.90. The van der Waals surface area contributed by atoms with Crippen LogP contribution in [0.1, 0.15) is 32.6 Å². The second-order valence-corrected chi connectivity index (χ2v) is 9.61. The first-order valence-corrected chi connectivity index (χ1v) is 11.7. The van der Waals surface area contributed by atoms with Crippen LogP contribution in [-0.4, -0.2) is 56.2 Å². The molecule has 0 aromatic heterocycles. The van der Waals surface area contributed by atoms with Crippen molar-refractivity contribution in [2.75, 3.05) is 18.9 Å². The van der Waals surface area contributed by atoms with E-state index >= 15 is 0 Å². The van der Waals surface area contributed by atoms with E-state index in [0.717, 1.165) is 6.42 Å². The minimum atomic E-state index is -4.16. The molecule has 1 aromatic rings. The van der Waals surface area contributed by atoms with Crippen molar-refractivity contribution in [2.45, 2.75) is 49.1 Å². The molecule has 1 saturated carbocycles. The number of nitrogens with one attached hydrogen (secondary N) is 3.